The Labute approximate surface area is 252 Å². The number of rotatable bonds is 6. The predicted molar refractivity (Wildman–Crippen MR) is 172 cm³/mol. The van der Waals surface area contributed by atoms with E-state index in [0.717, 1.165) is 0 Å². The van der Waals surface area contributed by atoms with E-state index in [9.17, 15) is 0 Å². The van der Waals surface area contributed by atoms with E-state index >= 15 is 0 Å². The van der Waals surface area contributed by atoms with Gasteiger partial charge in [0.2, 0.25) is 0 Å². The summed E-state index contributed by atoms with van der Waals surface area (Å²) in [6.45, 7) is 0. The quantitative estimate of drug-likeness (QED) is 0.243. The summed E-state index contributed by atoms with van der Waals surface area (Å²) in [4.78, 5) is 0. The van der Waals surface area contributed by atoms with Crippen LogP contribution in [0.4, 0.5) is 0 Å². The molecular formula is C36H32O2Sn2. The summed E-state index contributed by atoms with van der Waals surface area (Å²) < 4.78 is 9.18. The van der Waals surface area contributed by atoms with Gasteiger partial charge in [0.1, 0.15) is 0 Å². The maximum absolute atomic E-state index is 2.29. The summed E-state index contributed by atoms with van der Waals surface area (Å²) in [5.41, 5.74) is 0. The molecule has 4 heteroatoms. The minimum absolute atomic E-state index is 0. The predicted octanol–water partition coefficient (Wildman–Crippen LogP) is 4.05. The SMILES string of the molecule is [OH-].[OH-].c1cc[c]([Sn+]([c]2ccccc2)[c]2ccccc2)cc1.c1cc[c]([Sn+]([c]2ccccc2)[c]2ccccc2)cc1. The van der Waals surface area contributed by atoms with E-state index in [-0.39, 0.29) is 11.0 Å². The van der Waals surface area contributed by atoms with Crippen molar-refractivity contribution in [3.8, 4) is 0 Å². The summed E-state index contributed by atoms with van der Waals surface area (Å²) in [5, 5.41) is 0. The summed E-state index contributed by atoms with van der Waals surface area (Å²) in [7, 11) is 0. The fraction of sp³-hybridized carbons (Fsp3) is 0. The summed E-state index contributed by atoms with van der Waals surface area (Å²) in [6.07, 6.45) is 0. The van der Waals surface area contributed by atoms with E-state index in [0.29, 0.717) is 0 Å². The van der Waals surface area contributed by atoms with Gasteiger partial charge in [-0.1, -0.05) is 0 Å². The molecule has 0 aromatic heterocycles. The fourth-order valence-corrected chi connectivity index (χ4v) is 19.3. The second kappa shape index (κ2) is 16.8. The first-order valence-corrected chi connectivity index (χ1v) is 21.5. The second-order valence-corrected chi connectivity index (χ2v) is 23.1. The molecule has 6 rings (SSSR count). The molecule has 0 saturated carbocycles. The summed E-state index contributed by atoms with van der Waals surface area (Å²) in [6, 6.07) is 65.9. The van der Waals surface area contributed by atoms with Crippen molar-refractivity contribution >= 4 is 61.0 Å². The van der Waals surface area contributed by atoms with E-state index < -0.39 is 39.5 Å². The van der Waals surface area contributed by atoms with Crippen LogP contribution in [0.25, 0.3) is 0 Å². The van der Waals surface area contributed by atoms with E-state index in [1.165, 1.54) is 21.5 Å². The fourth-order valence-electron chi connectivity index (χ4n) is 4.63. The van der Waals surface area contributed by atoms with Crippen molar-refractivity contribution in [1.29, 1.82) is 0 Å². The third-order valence-corrected chi connectivity index (χ3v) is 22.0. The Morgan fingerprint density at radius 3 is 0.450 bits per heavy atom. The zero-order valence-corrected chi connectivity index (χ0v) is 27.9. The van der Waals surface area contributed by atoms with Crippen LogP contribution in [0.1, 0.15) is 0 Å². The van der Waals surface area contributed by atoms with Gasteiger partial charge in [-0.25, -0.2) is 0 Å². The van der Waals surface area contributed by atoms with Gasteiger partial charge in [0.05, 0.1) is 0 Å². The molecule has 0 heterocycles. The van der Waals surface area contributed by atoms with Gasteiger partial charge >= 0.3 is 243 Å². The third kappa shape index (κ3) is 8.42. The average molecular weight is 734 g/mol. The third-order valence-electron chi connectivity index (χ3n) is 6.37. The molecule has 0 fully saturated rings. The topological polar surface area (TPSA) is 60.0 Å². The molecule has 0 amide bonds. The van der Waals surface area contributed by atoms with Crippen LogP contribution < -0.4 is 21.5 Å². The van der Waals surface area contributed by atoms with Crippen molar-refractivity contribution in [2.24, 2.45) is 0 Å². The molecule has 0 atom stereocenters. The molecule has 0 aliphatic carbocycles. The Kier molecular flexibility index (Phi) is 13.2. The summed E-state index contributed by atoms with van der Waals surface area (Å²) >= 11 is -3.96. The first kappa shape index (κ1) is 31.4. The molecule has 2 nitrogen and oxygen atoms in total. The van der Waals surface area contributed by atoms with Crippen molar-refractivity contribution in [2.45, 2.75) is 0 Å². The number of benzene rings is 6. The molecule has 0 unspecified atom stereocenters. The van der Waals surface area contributed by atoms with Crippen LogP contribution >= 0.6 is 0 Å². The monoisotopic (exact) mass is 736 g/mol. The summed E-state index contributed by atoms with van der Waals surface area (Å²) in [5.74, 6) is 0. The van der Waals surface area contributed by atoms with Crippen LogP contribution in [0.5, 0.6) is 0 Å². The zero-order valence-electron chi connectivity index (χ0n) is 22.2. The molecule has 0 bridgehead atoms. The van der Waals surface area contributed by atoms with Crippen LogP contribution in [0.3, 0.4) is 0 Å². The average Bonchev–Trinajstić information content (AvgIpc) is 3.01. The Balaban J connectivity index is 0.000000210. The Morgan fingerprint density at radius 2 is 0.325 bits per heavy atom. The van der Waals surface area contributed by atoms with E-state index in [2.05, 4.69) is 182 Å². The Bertz CT molecular complexity index is 1180. The van der Waals surface area contributed by atoms with E-state index in [4.69, 9.17) is 0 Å². The van der Waals surface area contributed by atoms with Gasteiger partial charge in [-0.3, -0.25) is 0 Å². The first-order valence-electron chi connectivity index (χ1n) is 13.0. The maximum atomic E-state index is 2.29. The van der Waals surface area contributed by atoms with Gasteiger partial charge in [0.25, 0.3) is 0 Å². The zero-order chi connectivity index (χ0) is 25.8. The molecule has 40 heavy (non-hydrogen) atoms. The molecule has 6 aromatic rings. The van der Waals surface area contributed by atoms with Crippen LogP contribution in [0.15, 0.2) is 182 Å². The van der Waals surface area contributed by atoms with Gasteiger partial charge in [-0.15, -0.1) is 0 Å². The molecule has 6 aromatic carbocycles. The van der Waals surface area contributed by atoms with Crippen molar-refractivity contribution in [2.75, 3.05) is 0 Å². The molecule has 2 N–H and O–H groups in total. The molecule has 196 valence electrons. The first-order chi connectivity index (χ1) is 18.9. The van der Waals surface area contributed by atoms with Gasteiger partial charge in [0, 0.05) is 0 Å². The van der Waals surface area contributed by atoms with E-state index in [1.807, 2.05) is 0 Å². The number of hydrogen-bond donors (Lipinski definition) is 0. The van der Waals surface area contributed by atoms with Crippen LogP contribution in [-0.2, 0) is 0 Å². The van der Waals surface area contributed by atoms with Crippen molar-refractivity contribution in [3.63, 3.8) is 0 Å². The molecule has 0 spiro atoms. The van der Waals surface area contributed by atoms with Crippen LogP contribution in [-0.4, -0.2) is 50.5 Å². The Hall–Kier alpha value is -3.16. The van der Waals surface area contributed by atoms with Crippen molar-refractivity contribution in [1.82, 2.24) is 0 Å². The van der Waals surface area contributed by atoms with Crippen molar-refractivity contribution in [3.05, 3.63) is 182 Å². The number of hydrogen-bond acceptors (Lipinski definition) is 2. The van der Waals surface area contributed by atoms with Crippen LogP contribution in [0, 0.1) is 0 Å². The van der Waals surface area contributed by atoms with Crippen molar-refractivity contribution < 1.29 is 11.0 Å². The normalized spacial score (nSPS) is 9.60. The molecule has 0 aliphatic heterocycles. The minimum atomic E-state index is -1.98. The van der Waals surface area contributed by atoms with Gasteiger partial charge < -0.3 is 11.0 Å². The van der Waals surface area contributed by atoms with Gasteiger partial charge in [0.15, 0.2) is 0 Å². The molecule has 0 saturated heterocycles. The Morgan fingerprint density at radius 1 is 0.200 bits per heavy atom. The van der Waals surface area contributed by atoms with Crippen LogP contribution in [0.2, 0.25) is 0 Å². The molecule has 0 aliphatic rings. The second-order valence-electron chi connectivity index (χ2n) is 8.95. The van der Waals surface area contributed by atoms with E-state index in [1.54, 1.807) is 0 Å². The molecule has 0 radical (unpaired) electrons. The molecular weight excluding hydrogens is 702 g/mol. The van der Waals surface area contributed by atoms with Gasteiger partial charge in [-0.05, 0) is 0 Å². The standard InChI is InChI=1S/6C6H5.2H2O.2Sn/c6*1-2-4-6-5-3-1;;;;/h6*1-5H;2*1H2;;/q;;;;;;;;2*+1/p-2. The van der Waals surface area contributed by atoms with Gasteiger partial charge in [-0.2, -0.15) is 0 Å².